The Kier molecular flexibility index (Phi) is 9.94. The molecular weight excluding hydrogens is 586 g/mol. The molecule has 0 bridgehead atoms. The number of nitrogens with one attached hydrogen (secondary N) is 1. The lowest BCUT2D eigenvalue weighted by Crippen LogP contribution is -2.51. The van der Waals surface area contributed by atoms with Gasteiger partial charge in [-0.15, -0.1) is 0 Å². The second-order valence-corrected chi connectivity index (χ2v) is 13.6. The minimum Gasteiger partial charge on any atom is -0.392 e. The first-order valence-electron chi connectivity index (χ1n) is 15.5. The zero-order valence-electron chi connectivity index (χ0n) is 25.5. The lowest BCUT2D eigenvalue weighted by atomic mass is 9.90. The summed E-state index contributed by atoms with van der Waals surface area (Å²) in [6.45, 7) is 7.77. The van der Waals surface area contributed by atoms with Crippen LogP contribution in [0.1, 0.15) is 41.6 Å². The molecule has 0 radical (unpaired) electrons. The van der Waals surface area contributed by atoms with Gasteiger partial charge in [-0.25, -0.2) is 8.42 Å². The van der Waals surface area contributed by atoms with E-state index in [1.807, 2.05) is 36.4 Å². The molecule has 236 valence electrons. The molecule has 2 aliphatic rings. The highest BCUT2D eigenvalue weighted by Gasteiger charge is 2.39. The van der Waals surface area contributed by atoms with Gasteiger partial charge in [0.15, 0.2) is 6.29 Å². The summed E-state index contributed by atoms with van der Waals surface area (Å²) in [6, 6.07) is 34.0. The van der Waals surface area contributed by atoms with Crippen molar-refractivity contribution in [2.24, 2.45) is 5.92 Å². The van der Waals surface area contributed by atoms with Crippen LogP contribution in [0.5, 0.6) is 0 Å². The Labute approximate surface area is 266 Å². The van der Waals surface area contributed by atoms with Crippen LogP contribution < -0.4 is 4.72 Å². The molecule has 8 nitrogen and oxygen atoms in total. The van der Waals surface area contributed by atoms with E-state index in [1.54, 1.807) is 42.5 Å². The van der Waals surface area contributed by atoms with Crippen molar-refractivity contribution >= 4 is 15.7 Å². The molecule has 2 fully saturated rings. The fourth-order valence-electron chi connectivity index (χ4n) is 6.12. The van der Waals surface area contributed by atoms with Crippen molar-refractivity contribution in [3.05, 3.63) is 131 Å². The van der Waals surface area contributed by atoms with E-state index in [-0.39, 0.29) is 29.6 Å². The highest BCUT2D eigenvalue weighted by Crippen LogP contribution is 2.42. The van der Waals surface area contributed by atoms with E-state index in [4.69, 9.17) is 9.47 Å². The van der Waals surface area contributed by atoms with Gasteiger partial charge in [0, 0.05) is 56.4 Å². The van der Waals surface area contributed by atoms with Crippen LogP contribution in [0.2, 0.25) is 0 Å². The smallest absolute Gasteiger partial charge is 0.261 e. The van der Waals surface area contributed by atoms with Crippen LogP contribution in [0.25, 0.3) is 0 Å². The Morgan fingerprint density at radius 2 is 1.42 bits per heavy atom. The summed E-state index contributed by atoms with van der Waals surface area (Å²) in [5.41, 5.74) is 4.38. The van der Waals surface area contributed by atoms with Crippen LogP contribution in [0.3, 0.4) is 0 Å². The first-order chi connectivity index (χ1) is 21.9. The number of anilines is 1. The maximum Gasteiger partial charge on any atom is 0.261 e. The average Bonchev–Trinajstić information content (AvgIpc) is 3.07. The Hall–Kier alpha value is -3.57. The number of benzene rings is 4. The summed E-state index contributed by atoms with van der Waals surface area (Å²) in [6.07, 6.45) is -1.04. The monoisotopic (exact) mass is 627 g/mol. The van der Waals surface area contributed by atoms with Crippen LogP contribution in [0.4, 0.5) is 5.69 Å². The average molecular weight is 628 g/mol. The van der Waals surface area contributed by atoms with E-state index in [0.29, 0.717) is 5.69 Å². The van der Waals surface area contributed by atoms with E-state index >= 15 is 0 Å². The fourth-order valence-corrected chi connectivity index (χ4v) is 7.19. The molecule has 0 saturated carbocycles. The van der Waals surface area contributed by atoms with Gasteiger partial charge >= 0.3 is 0 Å². The molecule has 4 aromatic rings. The minimum absolute atomic E-state index is 0.0162. The van der Waals surface area contributed by atoms with Crippen LogP contribution in [-0.2, 0) is 32.6 Å². The number of ether oxygens (including phenoxy) is 2. The number of nitrogens with zero attached hydrogens (tertiary/aromatic N) is 2. The SMILES string of the molecule is C[C@H]1[C@@H](CN2CCN(Cc3ccccc3)CC2)O[C@@H](c2cccc(NS(=O)(=O)c3ccccc3)c2)O[C@H]1c1ccc(CO)cc1. The topological polar surface area (TPSA) is 91.3 Å². The zero-order valence-corrected chi connectivity index (χ0v) is 26.4. The van der Waals surface area contributed by atoms with Gasteiger partial charge in [-0.2, -0.15) is 0 Å². The maximum atomic E-state index is 13.0. The van der Waals surface area contributed by atoms with Gasteiger partial charge in [0.05, 0.1) is 23.7 Å². The Balaban J connectivity index is 1.19. The molecule has 6 rings (SSSR count). The van der Waals surface area contributed by atoms with Gasteiger partial charge in [-0.05, 0) is 41.0 Å². The third-order valence-corrected chi connectivity index (χ3v) is 10.1. The van der Waals surface area contributed by atoms with Crippen molar-refractivity contribution in [3.63, 3.8) is 0 Å². The number of aliphatic hydroxyl groups is 1. The number of aliphatic hydroxyl groups excluding tert-OH is 1. The highest BCUT2D eigenvalue weighted by atomic mass is 32.2. The molecule has 2 heterocycles. The Morgan fingerprint density at radius 3 is 2.11 bits per heavy atom. The van der Waals surface area contributed by atoms with E-state index < -0.39 is 16.3 Å². The molecule has 0 spiro atoms. The summed E-state index contributed by atoms with van der Waals surface area (Å²) in [7, 11) is -3.75. The van der Waals surface area contributed by atoms with Gasteiger partial charge in [-0.1, -0.05) is 91.9 Å². The lowest BCUT2D eigenvalue weighted by molar-refractivity contribution is -0.276. The molecule has 4 atom stereocenters. The predicted molar refractivity (Wildman–Crippen MR) is 175 cm³/mol. The molecular formula is C36H41N3O5S. The van der Waals surface area contributed by atoms with E-state index in [2.05, 4.69) is 51.8 Å². The Bertz CT molecular complexity index is 1630. The first kappa shape index (κ1) is 31.4. The molecule has 2 saturated heterocycles. The second kappa shape index (κ2) is 14.2. The van der Waals surface area contributed by atoms with Crippen molar-refractivity contribution in [2.45, 2.75) is 43.5 Å². The molecule has 2 aliphatic heterocycles. The molecule has 9 heteroatoms. The zero-order chi connectivity index (χ0) is 31.2. The third kappa shape index (κ3) is 7.81. The summed E-state index contributed by atoms with van der Waals surface area (Å²) in [4.78, 5) is 5.17. The number of hydrogen-bond acceptors (Lipinski definition) is 7. The van der Waals surface area contributed by atoms with Crippen molar-refractivity contribution in [1.29, 1.82) is 0 Å². The molecule has 2 N–H and O–H groups in total. The standard InChI is InChI=1S/C36H41N3O5S/c1-27-34(25-39-21-19-38(20-22-39)24-28-9-4-2-5-10-28)43-36(44-35(27)30-17-15-29(26-40)16-18-30)31-11-8-12-32(23-31)37-45(41,42)33-13-6-3-7-14-33/h2-18,23,27,34-37,40H,19-22,24-26H2,1H3/t27-,34+,35+,36+/m0/s1. The van der Waals surface area contributed by atoms with Crippen molar-refractivity contribution in [3.8, 4) is 0 Å². The van der Waals surface area contributed by atoms with E-state index in [0.717, 1.165) is 56.0 Å². The van der Waals surface area contributed by atoms with Gasteiger partial charge in [0.25, 0.3) is 10.0 Å². The van der Waals surface area contributed by atoms with E-state index in [1.165, 1.54) is 5.56 Å². The summed E-state index contributed by atoms with van der Waals surface area (Å²) >= 11 is 0. The van der Waals surface area contributed by atoms with Crippen molar-refractivity contribution in [2.75, 3.05) is 37.4 Å². The van der Waals surface area contributed by atoms with Crippen LogP contribution in [0.15, 0.2) is 114 Å². The molecule has 0 amide bonds. The number of hydrogen-bond donors (Lipinski definition) is 2. The van der Waals surface area contributed by atoms with Crippen molar-refractivity contribution in [1.82, 2.24) is 9.80 Å². The van der Waals surface area contributed by atoms with Gasteiger partial charge in [0.2, 0.25) is 0 Å². The summed E-state index contributed by atoms with van der Waals surface area (Å²) < 4.78 is 42.1. The largest absolute Gasteiger partial charge is 0.392 e. The normalized spacial score (nSPS) is 23.1. The number of rotatable bonds is 10. The van der Waals surface area contributed by atoms with E-state index in [9.17, 15) is 13.5 Å². The quantitative estimate of drug-likeness (QED) is 0.237. The van der Waals surface area contributed by atoms with Gasteiger partial charge in [0.1, 0.15) is 0 Å². The van der Waals surface area contributed by atoms with Gasteiger partial charge < -0.3 is 14.6 Å². The second-order valence-electron chi connectivity index (χ2n) is 11.9. The fraction of sp³-hybridized carbons (Fsp3) is 0.333. The maximum absolute atomic E-state index is 13.0. The van der Waals surface area contributed by atoms with Crippen molar-refractivity contribution < 1.29 is 23.0 Å². The highest BCUT2D eigenvalue weighted by molar-refractivity contribution is 7.92. The first-order valence-corrected chi connectivity index (χ1v) is 17.0. The lowest BCUT2D eigenvalue weighted by Gasteiger charge is -2.44. The van der Waals surface area contributed by atoms with Gasteiger partial charge in [-0.3, -0.25) is 14.5 Å². The molecule has 0 unspecified atom stereocenters. The predicted octanol–water partition coefficient (Wildman–Crippen LogP) is 5.59. The van der Waals surface area contributed by atoms with Crippen LogP contribution in [0, 0.1) is 5.92 Å². The van der Waals surface area contributed by atoms with Crippen LogP contribution in [-0.4, -0.2) is 62.2 Å². The third-order valence-electron chi connectivity index (χ3n) is 8.74. The minimum atomic E-state index is -3.75. The molecule has 0 aliphatic carbocycles. The number of piperazine rings is 1. The Morgan fingerprint density at radius 1 is 0.756 bits per heavy atom. The summed E-state index contributed by atoms with van der Waals surface area (Å²) in [5, 5.41) is 9.58. The molecule has 4 aromatic carbocycles. The van der Waals surface area contributed by atoms with Crippen LogP contribution >= 0.6 is 0 Å². The molecule has 45 heavy (non-hydrogen) atoms. The molecule has 0 aromatic heterocycles. The number of sulfonamides is 1. The summed E-state index contributed by atoms with van der Waals surface area (Å²) in [5.74, 6) is 0.0586.